The fraction of sp³-hybridized carbons (Fsp3) is 0. The lowest BCUT2D eigenvalue weighted by molar-refractivity contribution is 0.432. The lowest BCUT2D eigenvalue weighted by atomic mass is 10.1. The molecule has 0 aliphatic rings. The van der Waals surface area contributed by atoms with Gasteiger partial charge in [0, 0.05) is 23.7 Å². The lowest BCUT2D eigenvalue weighted by Gasteiger charge is -2.12. The number of nitrogens with zero attached hydrogens (tertiary/aromatic N) is 1. The monoisotopic (exact) mass is 313 g/mol. The molecule has 0 radical (unpaired) electrons. The molecule has 0 saturated heterocycles. The zero-order valence-corrected chi connectivity index (χ0v) is 11.8. The maximum absolute atomic E-state index is 13.6. The van der Waals surface area contributed by atoms with E-state index in [1.54, 1.807) is 0 Å². The van der Waals surface area contributed by atoms with Crippen molar-refractivity contribution in [2.75, 3.05) is 0 Å². The van der Waals surface area contributed by atoms with Crippen molar-refractivity contribution in [3.63, 3.8) is 0 Å². The number of aromatic nitrogens is 1. The van der Waals surface area contributed by atoms with Crippen LogP contribution in [0.3, 0.4) is 0 Å². The molecular formula is C17H12FNO4. The Morgan fingerprint density at radius 2 is 1.83 bits per heavy atom. The molecule has 0 aliphatic carbocycles. The van der Waals surface area contributed by atoms with Gasteiger partial charge in [-0.3, -0.25) is 9.36 Å². The van der Waals surface area contributed by atoms with E-state index in [-0.39, 0.29) is 22.6 Å². The minimum Gasteiger partial charge on any atom is -0.508 e. The van der Waals surface area contributed by atoms with Gasteiger partial charge in [-0.2, -0.15) is 0 Å². The first kappa shape index (κ1) is 14.6. The van der Waals surface area contributed by atoms with Crippen LogP contribution in [0.4, 0.5) is 4.39 Å². The van der Waals surface area contributed by atoms with Crippen LogP contribution in [0.5, 0.6) is 17.2 Å². The highest BCUT2D eigenvalue weighted by Crippen LogP contribution is 2.30. The molecule has 3 N–H and O–H groups in total. The lowest BCUT2D eigenvalue weighted by Crippen LogP contribution is -2.19. The Morgan fingerprint density at radius 3 is 2.48 bits per heavy atom. The second-order valence-electron chi connectivity index (χ2n) is 4.99. The van der Waals surface area contributed by atoms with Crippen molar-refractivity contribution in [2.45, 2.75) is 0 Å². The summed E-state index contributed by atoms with van der Waals surface area (Å²) < 4.78 is 14.7. The van der Waals surface area contributed by atoms with Crippen LogP contribution in [0.2, 0.25) is 0 Å². The summed E-state index contributed by atoms with van der Waals surface area (Å²) in [4.78, 5) is 12.6. The highest BCUT2D eigenvalue weighted by molar-refractivity contribution is 5.94. The molecule has 0 saturated carbocycles. The van der Waals surface area contributed by atoms with Gasteiger partial charge in [-0.15, -0.1) is 0 Å². The number of rotatable bonds is 2. The van der Waals surface area contributed by atoms with Crippen molar-refractivity contribution in [3.8, 4) is 22.9 Å². The first-order chi connectivity index (χ1) is 10.9. The van der Waals surface area contributed by atoms with Gasteiger partial charge in [-0.1, -0.05) is 12.7 Å². The number of phenolic OH excluding ortho intramolecular Hbond substituents is 3. The van der Waals surface area contributed by atoms with Crippen LogP contribution >= 0.6 is 0 Å². The summed E-state index contributed by atoms with van der Waals surface area (Å²) in [7, 11) is 0. The van der Waals surface area contributed by atoms with Crippen LogP contribution in [0.1, 0.15) is 5.56 Å². The molecule has 1 heterocycles. The number of halogens is 1. The van der Waals surface area contributed by atoms with E-state index >= 15 is 0 Å². The maximum atomic E-state index is 13.6. The van der Waals surface area contributed by atoms with Gasteiger partial charge in [0.2, 0.25) is 0 Å². The zero-order chi connectivity index (χ0) is 16.7. The van der Waals surface area contributed by atoms with Crippen LogP contribution in [0.25, 0.3) is 22.5 Å². The fourth-order valence-corrected chi connectivity index (χ4v) is 2.45. The molecule has 0 bridgehead atoms. The first-order valence-corrected chi connectivity index (χ1v) is 6.65. The van der Waals surface area contributed by atoms with Crippen molar-refractivity contribution in [1.29, 1.82) is 0 Å². The number of aromatic hydroxyl groups is 3. The van der Waals surface area contributed by atoms with Gasteiger partial charge in [0.05, 0.1) is 11.1 Å². The highest BCUT2D eigenvalue weighted by Gasteiger charge is 2.14. The van der Waals surface area contributed by atoms with E-state index < -0.39 is 17.1 Å². The Bertz CT molecular complexity index is 1010. The quantitative estimate of drug-likeness (QED) is 0.679. The molecule has 5 nitrogen and oxygen atoms in total. The van der Waals surface area contributed by atoms with E-state index in [0.717, 1.165) is 22.8 Å². The van der Waals surface area contributed by atoms with Crippen molar-refractivity contribution in [3.05, 3.63) is 64.8 Å². The van der Waals surface area contributed by atoms with Gasteiger partial charge in [0.15, 0.2) is 11.6 Å². The molecule has 1 aromatic heterocycles. The number of hydrogen-bond acceptors (Lipinski definition) is 4. The van der Waals surface area contributed by atoms with Gasteiger partial charge in [-0.05, 0) is 23.8 Å². The second-order valence-corrected chi connectivity index (χ2v) is 4.99. The molecule has 0 aliphatic heterocycles. The number of pyridine rings is 1. The Morgan fingerprint density at radius 1 is 1.09 bits per heavy atom. The summed E-state index contributed by atoms with van der Waals surface area (Å²) in [5.74, 6) is -1.98. The highest BCUT2D eigenvalue weighted by atomic mass is 19.1. The third kappa shape index (κ3) is 2.30. The Hall–Kier alpha value is -3.28. The Labute approximate surface area is 129 Å². The predicted molar refractivity (Wildman–Crippen MR) is 84.6 cm³/mol. The molecule has 0 spiro atoms. The van der Waals surface area contributed by atoms with Gasteiger partial charge in [0.25, 0.3) is 5.56 Å². The van der Waals surface area contributed by atoms with E-state index in [9.17, 15) is 24.5 Å². The van der Waals surface area contributed by atoms with Gasteiger partial charge in [-0.25, -0.2) is 4.39 Å². The summed E-state index contributed by atoms with van der Waals surface area (Å²) in [6, 6.07) is 5.90. The summed E-state index contributed by atoms with van der Waals surface area (Å²) >= 11 is 0. The van der Waals surface area contributed by atoms with Crippen LogP contribution in [-0.2, 0) is 0 Å². The Balaban J connectivity index is 2.43. The molecule has 116 valence electrons. The molecule has 23 heavy (non-hydrogen) atoms. The number of benzene rings is 2. The predicted octanol–water partition coefficient (Wildman–Crippen LogP) is 2.89. The second kappa shape index (κ2) is 5.17. The minimum absolute atomic E-state index is 0.0197. The molecule has 0 amide bonds. The molecule has 0 unspecified atom stereocenters. The third-order valence-electron chi connectivity index (χ3n) is 3.54. The summed E-state index contributed by atoms with van der Waals surface area (Å²) in [5.41, 5.74) is 0.0650. The fourth-order valence-electron chi connectivity index (χ4n) is 2.45. The summed E-state index contributed by atoms with van der Waals surface area (Å²) in [5, 5.41) is 29.2. The third-order valence-corrected chi connectivity index (χ3v) is 3.54. The van der Waals surface area contributed by atoms with Gasteiger partial charge < -0.3 is 15.3 Å². The van der Waals surface area contributed by atoms with Gasteiger partial charge >= 0.3 is 0 Å². The average Bonchev–Trinajstić information content (AvgIpc) is 2.50. The molecule has 0 atom stereocenters. The molecule has 6 heteroatoms. The zero-order valence-electron chi connectivity index (χ0n) is 11.8. The van der Waals surface area contributed by atoms with Crippen molar-refractivity contribution >= 4 is 16.8 Å². The largest absolute Gasteiger partial charge is 0.508 e. The topological polar surface area (TPSA) is 82.7 Å². The first-order valence-electron chi connectivity index (χ1n) is 6.65. The summed E-state index contributed by atoms with van der Waals surface area (Å²) in [6.45, 7) is 3.64. The molecule has 3 aromatic rings. The SMILES string of the molecule is C=Cc1cn(-c2ccc(O)c(F)c2)c(=O)c2c(O)cc(O)cc12. The van der Waals surface area contributed by atoms with Crippen LogP contribution in [0, 0.1) is 5.82 Å². The normalized spacial score (nSPS) is 10.8. The van der Waals surface area contributed by atoms with E-state index in [4.69, 9.17) is 0 Å². The average molecular weight is 313 g/mol. The van der Waals surface area contributed by atoms with E-state index in [1.807, 2.05) is 0 Å². The van der Waals surface area contributed by atoms with E-state index in [0.29, 0.717) is 10.9 Å². The molecule has 2 aromatic carbocycles. The maximum Gasteiger partial charge on any atom is 0.266 e. The molecule has 3 rings (SSSR count). The molecule has 0 fully saturated rings. The number of hydrogen-bond donors (Lipinski definition) is 3. The van der Waals surface area contributed by atoms with Crippen LogP contribution < -0.4 is 5.56 Å². The molecular weight excluding hydrogens is 301 g/mol. The smallest absolute Gasteiger partial charge is 0.266 e. The van der Waals surface area contributed by atoms with Crippen molar-refractivity contribution in [2.24, 2.45) is 0 Å². The Kier molecular flexibility index (Phi) is 3.29. The number of phenols is 3. The van der Waals surface area contributed by atoms with Crippen LogP contribution in [-0.4, -0.2) is 19.9 Å². The van der Waals surface area contributed by atoms with Crippen LogP contribution in [0.15, 0.2) is 47.9 Å². The summed E-state index contributed by atoms with van der Waals surface area (Å²) in [6.07, 6.45) is 2.87. The van der Waals surface area contributed by atoms with E-state index in [1.165, 1.54) is 24.4 Å². The van der Waals surface area contributed by atoms with E-state index in [2.05, 4.69) is 6.58 Å². The van der Waals surface area contributed by atoms with Crippen molar-refractivity contribution in [1.82, 2.24) is 4.57 Å². The standard InChI is InChI=1S/C17H12FNO4/c1-2-9-8-19(10-3-4-14(21)13(18)5-10)17(23)16-12(9)6-11(20)7-15(16)22/h2-8,20-22H,1H2. The van der Waals surface area contributed by atoms with Crippen molar-refractivity contribution < 1.29 is 19.7 Å². The van der Waals surface area contributed by atoms with Gasteiger partial charge in [0.1, 0.15) is 11.5 Å². The number of fused-ring (bicyclic) bond motifs is 1. The minimum atomic E-state index is -0.871.